The monoisotopic (exact) mass is 653 g/mol. The minimum Gasteiger partial charge on any atom is -0.494 e. The molecule has 0 bridgehead atoms. The molecule has 0 saturated carbocycles. The first kappa shape index (κ1) is 32.5. The number of hydrogen-bond acceptors (Lipinski definition) is 11. The Morgan fingerprint density at radius 3 is 2.51 bits per heavy atom. The van der Waals surface area contributed by atoms with Gasteiger partial charge < -0.3 is 25.2 Å². The number of aromatic nitrogens is 4. The average molecular weight is 654 g/mol. The van der Waals surface area contributed by atoms with Crippen LogP contribution < -0.4 is 24.6 Å². The van der Waals surface area contributed by atoms with E-state index in [2.05, 4.69) is 73.5 Å². The Morgan fingerprint density at radius 1 is 1.11 bits per heavy atom. The van der Waals surface area contributed by atoms with Gasteiger partial charge in [0.1, 0.15) is 22.0 Å². The molecule has 0 amide bonds. The van der Waals surface area contributed by atoms with Gasteiger partial charge in [0, 0.05) is 49.3 Å². The number of methoxy groups -OCH3 is 1. The lowest BCUT2D eigenvalue weighted by Gasteiger charge is -2.29. The summed E-state index contributed by atoms with van der Waals surface area (Å²) >= 11 is 6.58. The van der Waals surface area contributed by atoms with Crippen LogP contribution in [0.5, 0.6) is 5.75 Å². The van der Waals surface area contributed by atoms with Crippen LogP contribution in [0.25, 0.3) is 11.0 Å². The summed E-state index contributed by atoms with van der Waals surface area (Å²) < 4.78 is 33.1. The molecule has 1 unspecified atom stereocenters. The van der Waals surface area contributed by atoms with Crippen LogP contribution in [0, 0.1) is 0 Å². The quantitative estimate of drug-likeness (QED) is 0.215. The van der Waals surface area contributed by atoms with Crippen LogP contribution in [-0.4, -0.2) is 85.9 Å². The van der Waals surface area contributed by atoms with E-state index in [9.17, 15) is 8.42 Å². The molecule has 45 heavy (non-hydrogen) atoms. The van der Waals surface area contributed by atoms with Crippen molar-refractivity contribution in [3.05, 3.63) is 53.4 Å². The van der Waals surface area contributed by atoms with Crippen molar-refractivity contribution >= 4 is 67.2 Å². The average Bonchev–Trinajstić information content (AvgIpc) is 3.49. The van der Waals surface area contributed by atoms with Crippen molar-refractivity contribution in [1.29, 1.82) is 0 Å². The Balaban J connectivity index is 1.51. The zero-order valence-electron chi connectivity index (χ0n) is 26.7. The van der Waals surface area contributed by atoms with Crippen molar-refractivity contribution in [3.63, 3.8) is 0 Å². The summed E-state index contributed by atoms with van der Waals surface area (Å²) in [5, 5.41) is 6.79. The number of ether oxygens (including phenoxy) is 1. The number of anilines is 6. The van der Waals surface area contributed by atoms with E-state index in [0.717, 1.165) is 37.3 Å². The highest BCUT2D eigenvalue weighted by atomic mass is 35.5. The standard InChI is InChI=1S/C31H40ClN9O3S/c1-8-20-15-25(27(44-6)16-26(20)40-14-11-21(18-40)39(4)5)37-31-35-17-22(32)30(38-31)36-24-10-9-23-28(34-13-12-33-23)29(24)41(19(2)3)45(7,42)43/h9-10,12-13,15-17,19,21H,8,11,14,18H2,1-7H3,(H2,35,36,37,38). The van der Waals surface area contributed by atoms with E-state index in [-0.39, 0.29) is 16.8 Å². The van der Waals surface area contributed by atoms with E-state index in [1.807, 2.05) is 0 Å². The van der Waals surface area contributed by atoms with Gasteiger partial charge in [-0.15, -0.1) is 0 Å². The SMILES string of the molecule is CCc1cc(Nc2ncc(Cl)c(Nc3ccc4nccnc4c3N(C(C)C)S(C)(=O)=O)n2)c(OC)cc1N1CCC(N(C)C)C1. The normalized spacial score (nSPS) is 15.2. The fourth-order valence-electron chi connectivity index (χ4n) is 5.76. The molecule has 14 heteroatoms. The van der Waals surface area contributed by atoms with Crippen LogP contribution in [0.1, 0.15) is 32.8 Å². The summed E-state index contributed by atoms with van der Waals surface area (Å²) in [6, 6.07) is 7.77. The maximum atomic E-state index is 13.0. The van der Waals surface area contributed by atoms with Crippen molar-refractivity contribution in [3.8, 4) is 5.75 Å². The molecular weight excluding hydrogens is 614 g/mol. The second kappa shape index (κ2) is 13.2. The molecule has 2 aromatic carbocycles. The number of aryl methyl sites for hydroxylation is 1. The third kappa shape index (κ3) is 6.85. The molecule has 4 aromatic rings. The summed E-state index contributed by atoms with van der Waals surface area (Å²) in [5.41, 5.74) is 4.85. The Hall–Kier alpha value is -3.94. The van der Waals surface area contributed by atoms with Gasteiger partial charge in [0.05, 0.1) is 36.5 Å². The first-order valence-corrected chi connectivity index (χ1v) is 17.1. The van der Waals surface area contributed by atoms with Crippen LogP contribution in [0.2, 0.25) is 5.02 Å². The maximum absolute atomic E-state index is 13.0. The summed E-state index contributed by atoms with van der Waals surface area (Å²) in [4.78, 5) is 22.6. The number of hydrogen-bond donors (Lipinski definition) is 2. The minimum absolute atomic E-state index is 0.252. The third-order valence-electron chi connectivity index (χ3n) is 7.92. The molecule has 5 rings (SSSR count). The van der Waals surface area contributed by atoms with E-state index in [1.165, 1.54) is 28.5 Å². The van der Waals surface area contributed by atoms with Crippen LogP contribution in [0.3, 0.4) is 0 Å². The van der Waals surface area contributed by atoms with Gasteiger partial charge in [-0.05, 0) is 64.5 Å². The molecule has 1 atom stereocenters. The zero-order chi connectivity index (χ0) is 32.5. The van der Waals surface area contributed by atoms with Crippen molar-refractivity contribution < 1.29 is 13.2 Å². The van der Waals surface area contributed by atoms with Gasteiger partial charge in [-0.2, -0.15) is 4.98 Å². The first-order valence-electron chi connectivity index (χ1n) is 14.8. The number of halogens is 1. The Labute approximate surface area is 269 Å². The van der Waals surface area contributed by atoms with E-state index >= 15 is 0 Å². The molecule has 0 spiro atoms. The van der Waals surface area contributed by atoms with Gasteiger partial charge in [-0.3, -0.25) is 14.3 Å². The lowest BCUT2D eigenvalue weighted by molar-refractivity contribution is 0.315. The summed E-state index contributed by atoms with van der Waals surface area (Å²) in [6.45, 7) is 7.68. The molecule has 0 aliphatic carbocycles. The number of rotatable bonds is 11. The first-order chi connectivity index (χ1) is 21.4. The minimum atomic E-state index is -3.69. The maximum Gasteiger partial charge on any atom is 0.232 e. The highest BCUT2D eigenvalue weighted by Crippen LogP contribution is 2.40. The molecule has 2 N–H and O–H groups in total. The highest BCUT2D eigenvalue weighted by Gasteiger charge is 2.28. The number of sulfonamides is 1. The molecule has 1 fully saturated rings. The lowest BCUT2D eigenvalue weighted by atomic mass is 10.1. The molecule has 1 saturated heterocycles. The lowest BCUT2D eigenvalue weighted by Crippen LogP contribution is -2.36. The zero-order valence-corrected chi connectivity index (χ0v) is 28.2. The molecule has 1 aliphatic rings. The Bertz CT molecular complexity index is 1800. The van der Waals surface area contributed by atoms with Crippen molar-refractivity contribution in [1.82, 2.24) is 24.8 Å². The predicted octanol–water partition coefficient (Wildman–Crippen LogP) is 5.45. The van der Waals surface area contributed by atoms with Gasteiger partial charge in [0.25, 0.3) is 0 Å². The summed E-state index contributed by atoms with van der Waals surface area (Å²) in [6.07, 6.45) is 7.70. The van der Waals surface area contributed by atoms with E-state index in [0.29, 0.717) is 34.2 Å². The van der Waals surface area contributed by atoms with Crippen LogP contribution in [-0.2, 0) is 16.4 Å². The number of fused-ring (bicyclic) bond motifs is 1. The largest absolute Gasteiger partial charge is 0.494 e. The summed E-state index contributed by atoms with van der Waals surface area (Å²) in [7, 11) is 2.20. The Morgan fingerprint density at radius 2 is 1.87 bits per heavy atom. The van der Waals surface area contributed by atoms with Crippen molar-refractivity contribution in [2.75, 3.05) is 60.4 Å². The fraction of sp³-hybridized carbons (Fsp3) is 0.419. The van der Waals surface area contributed by atoms with E-state index in [1.54, 1.807) is 39.3 Å². The predicted molar refractivity (Wildman–Crippen MR) is 182 cm³/mol. The Kier molecular flexibility index (Phi) is 9.52. The number of nitrogens with one attached hydrogen (secondary N) is 2. The van der Waals surface area contributed by atoms with Gasteiger partial charge in [0.2, 0.25) is 16.0 Å². The second-order valence-corrected chi connectivity index (χ2v) is 13.8. The highest BCUT2D eigenvalue weighted by molar-refractivity contribution is 7.92. The molecular formula is C31H40ClN9O3S. The molecule has 2 aromatic heterocycles. The van der Waals surface area contributed by atoms with Gasteiger partial charge in [-0.1, -0.05) is 18.5 Å². The van der Waals surface area contributed by atoms with Gasteiger partial charge >= 0.3 is 0 Å². The van der Waals surface area contributed by atoms with E-state index in [4.69, 9.17) is 16.3 Å². The van der Waals surface area contributed by atoms with Gasteiger partial charge in [0.15, 0.2) is 5.82 Å². The molecule has 12 nitrogen and oxygen atoms in total. The van der Waals surface area contributed by atoms with Crippen LogP contribution in [0.15, 0.2) is 42.9 Å². The molecule has 0 radical (unpaired) electrons. The third-order valence-corrected chi connectivity index (χ3v) is 9.52. The van der Waals surface area contributed by atoms with Crippen LogP contribution >= 0.6 is 11.6 Å². The number of nitrogens with zero attached hydrogens (tertiary/aromatic N) is 7. The number of benzene rings is 2. The molecule has 1 aliphatic heterocycles. The smallest absolute Gasteiger partial charge is 0.232 e. The second-order valence-electron chi connectivity index (χ2n) is 11.6. The fourth-order valence-corrected chi connectivity index (χ4v) is 7.18. The van der Waals surface area contributed by atoms with Crippen LogP contribution in [0.4, 0.5) is 34.5 Å². The topological polar surface area (TPSA) is 129 Å². The number of likely N-dealkylation sites (N-methyl/N-ethyl adjacent to an activating group) is 1. The van der Waals surface area contributed by atoms with Crippen molar-refractivity contribution in [2.24, 2.45) is 0 Å². The molecule has 240 valence electrons. The van der Waals surface area contributed by atoms with Crippen molar-refractivity contribution in [2.45, 2.75) is 45.7 Å². The molecule has 3 heterocycles. The summed E-state index contributed by atoms with van der Waals surface area (Å²) in [5.74, 6) is 1.24. The van der Waals surface area contributed by atoms with Gasteiger partial charge in [-0.25, -0.2) is 13.4 Å². The van der Waals surface area contributed by atoms with E-state index < -0.39 is 16.1 Å².